The highest BCUT2D eigenvalue weighted by molar-refractivity contribution is 5.83. The van der Waals surface area contributed by atoms with Crippen LogP contribution in [0.25, 0.3) is 0 Å². The molecule has 0 spiro atoms. The third-order valence-corrected chi connectivity index (χ3v) is 6.13. The quantitative estimate of drug-likeness (QED) is 0.780. The van der Waals surface area contributed by atoms with Crippen LogP contribution < -0.4 is 11.1 Å². The number of nitrogens with one attached hydrogen (secondary N) is 1. The molecule has 0 heterocycles. The first-order valence-corrected chi connectivity index (χ1v) is 8.03. The number of aryl methyl sites for hydroxylation is 1. The van der Waals surface area contributed by atoms with Crippen molar-refractivity contribution in [2.75, 3.05) is 12.8 Å². The van der Waals surface area contributed by atoms with E-state index >= 15 is 0 Å². The fourth-order valence-electron chi connectivity index (χ4n) is 5.03. The SMILES string of the molecule is CNC(=O)[C@@]1(C)CCC[C@]2(C)c3cc(N)ccc3CCC12. The lowest BCUT2D eigenvalue weighted by Gasteiger charge is -2.54. The minimum atomic E-state index is -0.260. The number of rotatable bonds is 1. The highest BCUT2D eigenvalue weighted by Crippen LogP contribution is 2.57. The third-order valence-electron chi connectivity index (χ3n) is 6.13. The second-order valence-electron chi connectivity index (χ2n) is 7.28. The van der Waals surface area contributed by atoms with Crippen molar-refractivity contribution >= 4 is 11.6 Å². The van der Waals surface area contributed by atoms with Gasteiger partial charge >= 0.3 is 0 Å². The van der Waals surface area contributed by atoms with Crippen LogP contribution in [0.4, 0.5) is 5.69 Å². The van der Waals surface area contributed by atoms with Crippen LogP contribution in [0.3, 0.4) is 0 Å². The summed E-state index contributed by atoms with van der Waals surface area (Å²) in [6.45, 7) is 4.50. The molecule has 2 aliphatic carbocycles. The maximum Gasteiger partial charge on any atom is 0.225 e. The lowest BCUT2D eigenvalue weighted by Crippen LogP contribution is -2.54. The van der Waals surface area contributed by atoms with Crippen molar-refractivity contribution in [3.63, 3.8) is 0 Å². The summed E-state index contributed by atoms with van der Waals surface area (Å²) in [6.07, 6.45) is 5.40. The Morgan fingerprint density at radius 3 is 2.81 bits per heavy atom. The van der Waals surface area contributed by atoms with Gasteiger partial charge in [0.25, 0.3) is 0 Å². The number of hydrogen-bond donors (Lipinski definition) is 2. The maximum absolute atomic E-state index is 12.5. The van der Waals surface area contributed by atoms with Crippen LogP contribution in [0.2, 0.25) is 0 Å². The second-order valence-corrected chi connectivity index (χ2v) is 7.28. The van der Waals surface area contributed by atoms with E-state index in [4.69, 9.17) is 5.73 Å². The molecule has 3 nitrogen and oxygen atoms in total. The summed E-state index contributed by atoms with van der Waals surface area (Å²) in [4.78, 5) is 12.5. The van der Waals surface area contributed by atoms with Crippen LogP contribution in [-0.2, 0) is 16.6 Å². The van der Waals surface area contributed by atoms with Crippen LogP contribution in [0.15, 0.2) is 18.2 Å². The van der Waals surface area contributed by atoms with Crippen molar-refractivity contribution in [2.45, 2.75) is 51.4 Å². The van der Waals surface area contributed by atoms with Gasteiger partial charge in [0.2, 0.25) is 5.91 Å². The van der Waals surface area contributed by atoms with E-state index in [1.807, 2.05) is 6.07 Å². The van der Waals surface area contributed by atoms with Crippen LogP contribution in [0.5, 0.6) is 0 Å². The Labute approximate surface area is 127 Å². The van der Waals surface area contributed by atoms with Gasteiger partial charge in [-0.25, -0.2) is 0 Å². The smallest absolute Gasteiger partial charge is 0.225 e. The van der Waals surface area contributed by atoms with Gasteiger partial charge in [-0.05, 0) is 60.3 Å². The van der Waals surface area contributed by atoms with Gasteiger partial charge < -0.3 is 11.1 Å². The molecule has 3 atom stereocenters. The Hall–Kier alpha value is -1.51. The van der Waals surface area contributed by atoms with E-state index in [9.17, 15) is 4.79 Å². The van der Waals surface area contributed by atoms with Gasteiger partial charge in [0.15, 0.2) is 0 Å². The van der Waals surface area contributed by atoms with Gasteiger partial charge in [0.05, 0.1) is 5.41 Å². The molecule has 1 aromatic rings. The molecule has 3 N–H and O–H groups in total. The summed E-state index contributed by atoms with van der Waals surface area (Å²) in [7, 11) is 1.76. The van der Waals surface area contributed by atoms with E-state index in [1.165, 1.54) is 11.1 Å². The molecular weight excluding hydrogens is 260 g/mol. The zero-order valence-electron chi connectivity index (χ0n) is 13.3. The standard InChI is InChI=1S/C18H26N2O/c1-17-9-4-10-18(2,16(21)20-3)15(17)8-6-12-5-7-13(19)11-14(12)17/h5,7,11,15H,4,6,8-10,19H2,1-3H3,(H,20,21)/t15?,17-,18+/m1/s1. The molecule has 2 aliphatic rings. The molecule has 21 heavy (non-hydrogen) atoms. The number of carbonyl (C=O) groups is 1. The fourth-order valence-corrected chi connectivity index (χ4v) is 5.03. The van der Waals surface area contributed by atoms with Gasteiger partial charge in [0.1, 0.15) is 0 Å². The van der Waals surface area contributed by atoms with Gasteiger partial charge in [-0.15, -0.1) is 0 Å². The molecule has 114 valence electrons. The number of anilines is 1. The van der Waals surface area contributed by atoms with Crippen molar-refractivity contribution < 1.29 is 4.79 Å². The molecule has 3 rings (SSSR count). The fraction of sp³-hybridized carbons (Fsp3) is 0.611. The molecule has 1 unspecified atom stereocenters. The average molecular weight is 286 g/mol. The molecule has 0 aliphatic heterocycles. The average Bonchev–Trinajstić information content (AvgIpc) is 2.46. The molecular formula is C18H26N2O. The van der Waals surface area contributed by atoms with E-state index in [0.717, 1.165) is 37.8 Å². The summed E-state index contributed by atoms with van der Waals surface area (Å²) in [5.74, 6) is 0.596. The second kappa shape index (κ2) is 4.75. The number of benzene rings is 1. The van der Waals surface area contributed by atoms with Crippen molar-refractivity contribution in [3.8, 4) is 0 Å². The molecule has 1 amide bonds. The zero-order valence-corrected chi connectivity index (χ0v) is 13.3. The summed E-state index contributed by atoms with van der Waals surface area (Å²) >= 11 is 0. The molecule has 0 radical (unpaired) electrons. The number of hydrogen-bond acceptors (Lipinski definition) is 2. The van der Waals surface area contributed by atoms with Crippen LogP contribution >= 0.6 is 0 Å². The van der Waals surface area contributed by atoms with Gasteiger partial charge in [-0.2, -0.15) is 0 Å². The number of nitrogens with two attached hydrogens (primary N) is 1. The first kappa shape index (κ1) is 14.4. The van der Waals surface area contributed by atoms with E-state index in [0.29, 0.717) is 5.92 Å². The Balaban J connectivity index is 2.10. The highest BCUT2D eigenvalue weighted by atomic mass is 16.2. The topological polar surface area (TPSA) is 55.1 Å². The monoisotopic (exact) mass is 286 g/mol. The first-order chi connectivity index (χ1) is 9.91. The summed E-state index contributed by atoms with van der Waals surface area (Å²) < 4.78 is 0. The minimum Gasteiger partial charge on any atom is -0.399 e. The summed E-state index contributed by atoms with van der Waals surface area (Å²) in [5, 5.41) is 2.90. The predicted molar refractivity (Wildman–Crippen MR) is 86.0 cm³/mol. The minimum absolute atomic E-state index is 0.0719. The lowest BCUT2D eigenvalue weighted by molar-refractivity contribution is -0.138. The number of carbonyl (C=O) groups excluding carboxylic acids is 1. The Bertz CT molecular complexity index is 583. The Morgan fingerprint density at radius 2 is 2.10 bits per heavy atom. The van der Waals surface area contributed by atoms with E-state index < -0.39 is 0 Å². The van der Waals surface area contributed by atoms with Crippen molar-refractivity contribution in [1.82, 2.24) is 5.32 Å². The summed E-state index contributed by atoms with van der Waals surface area (Å²) in [6, 6.07) is 6.33. The zero-order chi connectivity index (χ0) is 15.3. The highest BCUT2D eigenvalue weighted by Gasteiger charge is 2.54. The van der Waals surface area contributed by atoms with Gasteiger partial charge in [-0.1, -0.05) is 26.3 Å². The van der Waals surface area contributed by atoms with E-state index in [1.54, 1.807) is 7.05 Å². The van der Waals surface area contributed by atoms with Gasteiger partial charge in [0, 0.05) is 12.7 Å². The number of nitrogen functional groups attached to an aromatic ring is 1. The van der Waals surface area contributed by atoms with Crippen molar-refractivity contribution in [1.29, 1.82) is 0 Å². The molecule has 0 saturated heterocycles. The molecule has 1 fully saturated rings. The molecule has 3 heteroatoms. The van der Waals surface area contributed by atoms with E-state index in [2.05, 4.69) is 31.3 Å². The maximum atomic E-state index is 12.5. The van der Waals surface area contributed by atoms with Crippen LogP contribution in [0, 0.1) is 11.3 Å². The molecule has 0 bridgehead atoms. The summed E-state index contributed by atoms with van der Waals surface area (Å²) in [5.41, 5.74) is 9.49. The molecule has 1 saturated carbocycles. The molecule has 1 aromatic carbocycles. The van der Waals surface area contributed by atoms with Gasteiger partial charge in [-0.3, -0.25) is 4.79 Å². The number of amides is 1. The van der Waals surface area contributed by atoms with Crippen molar-refractivity contribution in [3.05, 3.63) is 29.3 Å². The largest absolute Gasteiger partial charge is 0.399 e. The Kier molecular flexibility index (Phi) is 3.27. The van der Waals surface area contributed by atoms with Crippen molar-refractivity contribution in [2.24, 2.45) is 11.3 Å². The number of fused-ring (bicyclic) bond motifs is 3. The van der Waals surface area contributed by atoms with E-state index in [-0.39, 0.29) is 16.7 Å². The first-order valence-electron chi connectivity index (χ1n) is 8.03. The normalized spacial score (nSPS) is 34.7. The predicted octanol–water partition coefficient (Wildman–Crippen LogP) is 3.03. The van der Waals surface area contributed by atoms with Crippen LogP contribution in [0.1, 0.15) is 50.7 Å². The third kappa shape index (κ3) is 1.97. The Morgan fingerprint density at radius 1 is 1.33 bits per heavy atom. The molecule has 0 aromatic heterocycles. The van der Waals surface area contributed by atoms with Crippen LogP contribution in [-0.4, -0.2) is 13.0 Å². The lowest BCUT2D eigenvalue weighted by atomic mass is 9.49.